The molecule has 0 bridgehead atoms. The molecule has 2 aliphatic heterocycles. The number of carbonyl (C=O) groups is 2. The molecule has 43 heavy (non-hydrogen) atoms. The van der Waals surface area contributed by atoms with Gasteiger partial charge in [-0.3, -0.25) is 9.59 Å². The highest BCUT2D eigenvalue weighted by molar-refractivity contribution is 5.99. The van der Waals surface area contributed by atoms with Crippen molar-refractivity contribution in [3.63, 3.8) is 0 Å². The highest BCUT2D eigenvalue weighted by atomic mass is 16.8. The van der Waals surface area contributed by atoms with Crippen molar-refractivity contribution in [1.29, 1.82) is 0 Å². The molecular formula is C30H54O13. The van der Waals surface area contributed by atoms with Crippen LogP contribution in [0.4, 0.5) is 0 Å². The molecule has 2 aliphatic rings. The number of Topliss-reactive ketones (excluding diaryl/α,β-unsaturated/α-hetero) is 2. The van der Waals surface area contributed by atoms with Crippen LogP contribution in [0.2, 0.25) is 0 Å². The number of ketones is 2. The first kappa shape index (κ1) is 38.1. The number of aliphatic hydroxyl groups is 8. The van der Waals surface area contributed by atoms with Gasteiger partial charge in [0.05, 0.1) is 13.2 Å². The second-order valence-corrected chi connectivity index (χ2v) is 11.9. The number of carbonyl (C=O) groups excluding carboxylic acids is 2. The van der Waals surface area contributed by atoms with Crippen LogP contribution in [0.5, 0.6) is 0 Å². The van der Waals surface area contributed by atoms with E-state index in [1.165, 1.54) is 0 Å². The van der Waals surface area contributed by atoms with Crippen molar-refractivity contribution in [3.8, 4) is 0 Å². The summed E-state index contributed by atoms with van der Waals surface area (Å²) in [6.45, 7) is 1.08. The minimum atomic E-state index is -3.27. The number of unbranched alkanes of at least 4 members (excludes halogenated alkanes) is 10. The molecule has 0 spiro atoms. The lowest BCUT2D eigenvalue weighted by Crippen LogP contribution is -2.81. The summed E-state index contributed by atoms with van der Waals surface area (Å²) >= 11 is 0. The first-order chi connectivity index (χ1) is 20.5. The highest BCUT2D eigenvalue weighted by Gasteiger charge is 2.74. The van der Waals surface area contributed by atoms with Gasteiger partial charge in [0.1, 0.15) is 43.2 Å². The van der Waals surface area contributed by atoms with Gasteiger partial charge < -0.3 is 55.1 Å². The van der Waals surface area contributed by atoms with Crippen molar-refractivity contribution >= 4 is 11.6 Å². The van der Waals surface area contributed by atoms with Crippen LogP contribution in [0.1, 0.15) is 104 Å². The average molecular weight is 623 g/mol. The molecule has 0 aromatic carbocycles. The molecule has 9 atom stereocenters. The fourth-order valence-corrected chi connectivity index (χ4v) is 5.93. The molecule has 2 fully saturated rings. The van der Waals surface area contributed by atoms with E-state index in [0.717, 1.165) is 51.4 Å². The van der Waals surface area contributed by atoms with Gasteiger partial charge in [-0.15, -0.1) is 0 Å². The molecule has 0 aromatic rings. The zero-order valence-electron chi connectivity index (χ0n) is 25.6. The third-order valence-electron chi connectivity index (χ3n) is 8.66. The monoisotopic (exact) mass is 622 g/mol. The quantitative estimate of drug-likeness (QED) is 0.0790. The molecular weight excluding hydrogens is 568 g/mol. The largest absolute Gasteiger partial charge is 0.394 e. The predicted octanol–water partition coefficient (Wildman–Crippen LogP) is -0.0158. The van der Waals surface area contributed by atoms with E-state index in [1.54, 1.807) is 0 Å². The number of hydrogen-bond donors (Lipinski definition) is 8. The number of hydrogen-bond acceptors (Lipinski definition) is 13. The van der Waals surface area contributed by atoms with Crippen LogP contribution in [-0.2, 0) is 23.8 Å². The van der Waals surface area contributed by atoms with Crippen LogP contribution in [-0.4, -0.2) is 126 Å². The Kier molecular flexibility index (Phi) is 15.5. The maximum atomic E-state index is 14.1. The van der Waals surface area contributed by atoms with Gasteiger partial charge in [0.25, 0.3) is 5.79 Å². The minimum absolute atomic E-state index is 0.262. The summed E-state index contributed by atoms with van der Waals surface area (Å²) < 4.78 is 17.1. The fraction of sp³-hybridized carbons (Fsp3) is 0.933. The standard InChI is InChI=1S/C30H54O13/c1-3-5-7-9-11-13-15-22(34)29(40)27(39)25(37)21(18-32)42-30(29,23(35)16-14-12-10-8-6-4-2)43-28(19-33)26(38)24(36)20(17-31)41-28/h20-21,24-27,31-33,36-40H,3-19H2,1-2H3/t20-,21-,24-,25-,26+,27+,28?,29-,30+/m1/s1. The zero-order chi connectivity index (χ0) is 32.3. The molecule has 0 amide bonds. The average Bonchev–Trinajstić information content (AvgIpc) is 3.25. The Hall–Kier alpha value is -1.10. The van der Waals surface area contributed by atoms with Crippen molar-refractivity contribution in [3.05, 3.63) is 0 Å². The lowest BCUT2D eigenvalue weighted by molar-refractivity contribution is -0.431. The van der Waals surface area contributed by atoms with Crippen LogP contribution < -0.4 is 0 Å². The Morgan fingerprint density at radius 3 is 1.56 bits per heavy atom. The number of aliphatic hydroxyl groups excluding tert-OH is 7. The van der Waals surface area contributed by atoms with Crippen LogP contribution in [0.15, 0.2) is 0 Å². The Bertz CT molecular complexity index is 858. The van der Waals surface area contributed by atoms with E-state index in [9.17, 15) is 50.4 Å². The molecule has 0 radical (unpaired) electrons. The van der Waals surface area contributed by atoms with Crippen molar-refractivity contribution < 1.29 is 64.7 Å². The summed E-state index contributed by atoms with van der Waals surface area (Å²) in [7, 11) is 0. The Balaban J connectivity index is 2.56. The Morgan fingerprint density at radius 2 is 1.09 bits per heavy atom. The van der Waals surface area contributed by atoms with Gasteiger partial charge in [-0.25, -0.2) is 0 Å². The first-order valence-electron chi connectivity index (χ1n) is 15.9. The maximum Gasteiger partial charge on any atom is 0.271 e. The van der Waals surface area contributed by atoms with Crippen LogP contribution in [0.25, 0.3) is 0 Å². The van der Waals surface area contributed by atoms with Crippen LogP contribution in [0.3, 0.4) is 0 Å². The fourth-order valence-electron chi connectivity index (χ4n) is 5.93. The van der Waals surface area contributed by atoms with Crippen molar-refractivity contribution in [2.24, 2.45) is 0 Å². The summed E-state index contributed by atoms with van der Waals surface area (Å²) in [5.41, 5.74) is -3.27. The van der Waals surface area contributed by atoms with Crippen LogP contribution in [0, 0.1) is 0 Å². The maximum absolute atomic E-state index is 14.1. The van der Waals surface area contributed by atoms with E-state index >= 15 is 0 Å². The van der Waals surface area contributed by atoms with Gasteiger partial charge >= 0.3 is 0 Å². The van der Waals surface area contributed by atoms with Gasteiger partial charge in [-0.2, -0.15) is 0 Å². The van der Waals surface area contributed by atoms with E-state index in [2.05, 4.69) is 13.8 Å². The Labute approximate surface area is 253 Å². The highest BCUT2D eigenvalue weighted by Crippen LogP contribution is 2.47. The van der Waals surface area contributed by atoms with Crippen molar-refractivity contribution in [2.45, 2.75) is 158 Å². The molecule has 8 N–H and O–H groups in total. The zero-order valence-corrected chi connectivity index (χ0v) is 25.6. The molecule has 2 rings (SSSR count). The van der Waals surface area contributed by atoms with Gasteiger partial charge in [0.15, 0.2) is 11.6 Å². The van der Waals surface area contributed by atoms with E-state index in [4.69, 9.17) is 14.2 Å². The SMILES string of the molecule is CCCCCCCCC(=O)[C@@]1(OC2(CO)O[C@H](CO)[C@@H](O)[C@@H]2O)O[C@H](CO)[C@@H](O)[C@H](O)[C@]1(O)C(=O)CCCCCCCC. The topological polar surface area (TPSA) is 224 Å². The smallest absolute Gasteiger partial charge is 0.271 e. The summed E-state index contributed by atoms with van der Waals surface area (Å²) in [6.07, 6.45) is -3.04. The van der Waals surface area contributed by atoms with Crippen molar-refractivity contribution in [2.75, 3.05) is 19.8 Å². The van der Waals surface area contributed by atoms with Crippen molar-refractivity contribution in [1.82, 2.24) is 0 Å². The van der Waals surface area contributed by atoms with E-state index in [-0.39, 0.29) is 25.7 Å². The molecule has 0 saturated carbocycles. The van der Waals surface area contributed by atoms with Gasteiger partial charge in [0.2, 0.25) is 11.4 Å². The second-order valence-electron chi connectivity index (χ2n) is 11.9. The lowest BCUT2D eigenvalue weighted by atomic mass is 9.72. The van der Waals surface area contributed by atoms with E-state index < -0.39 is 85.2 Å². The van der Waals surface area contributed by atoms with Gasteiger partial charge in [0, 0.05) is 12.8 Å². The summed E-state index contributed by atoms with van der Waals surface area (Å²) in [5.74, 6) is -8.05. The van der Waals surface area contributed by atoms with E-state index in [1.807, 2.05) is 0 Å². The third-order valence-corrected chi connectivity index (χ3v) is 8.66. The van der Waals surface area contributed by atoms with Crippen LogP contribution >= 0.6 is 0 Å². The molecule has 0 aromatic heterocycles. The minimum Gasteiger partial charge on any atom is -0.394 e. The first-order valence-corrected chi connectivity index (χ1v) is 15.9. The Morgan fingerprint density at radius 1 is 0.651 bits per heavy atom. The molecule has 2 heterocycles. The molecule has 1 unspecified atom stereocenters. The summed E-state index contributed by atoms with van der Waals surface area (Å²) in [5, 5.41) is 85.3. The molecule has 13 nitrogen and oxygen atoms in total. The molecule has 13 heteroatoms. The molecule has 0 aliphatic carbocycles. The van der Waals surface area contributed by atoms with E-state index in [0.29, 0.717) is 12.8 Å². The second kappa shape index (κ2) is 17.6. The summed E-state index contributed by atoms with van der Waals surface area (Å²) in [6, 6.07) is 0. The number of rotatable bonds is 21. The summed E-state index contributed by atoms with van der Waals surface area (Å²) in [4.78, 5) is 27.9. The number of ether oxygens (including phenoxy) is 3. The molecule has 252 valence electrons. The third kappa shape index (κ3) is 8.20. The normalized spacial score (nSPS) is 36.2. The van der Waals surface area contributed by atoms with Gasteiger partial charge in [-0.1, -0.05) is 78.1 Å². The lowest BCUT2D eigenvalue weighted by Gasteiger charge is -2.55. The van der Waals surface area contributed by atoms with Gasteiger partial charge in [-0.05, 0) is 12.8 Å². The molecule has 2 saturated heterocycles. The predicted molar refractivity (Wildman–Crippen MR) is 153 cm³/mol.